The molecule has 0 bridgehead atoms. The maximum atomic E-state index is 2.33. The highest BCUT2D eigenvalue weighted by Gasteiger charge is 2.23. The van der Waals surface area contributed by atoms with Gasteiger partial charge < -0.3 is 0 Å². The van der Waals surface area contributed by atoms with Crippen molar-refractivity contribution in [3.05, 3.63) is 41.3 Å². The topological polar surface area (TPSA) is 0 Å². The third-order valence-corrected chi connectivity index (χ3v) is 3.77. The molecule has 1 heterocycles. The predicted octanol–water partition coefficient (Wildman–Crippen LogP) is 4.05. The Kier molecular flexibility index (Phi) is 2.97. The van der Waals surface area contributed by atoms with Crippen LogP contribution in [0.4, 0.5) is 0 Å². The molecule has 1 aromatic carbocycles. The smallest absolute Gasteiger partial charge is 0.00460 e. The van der Waals surface area contributed by atoms with Crippen LogP contribution in [0.2, 0.25) is 0 Å². The van der Waals surface area contributed by atoms with Gasteiger partial charge in [0.1, 0.15) is 0 Å². The Morgan fingerprint density at radius 1 is 1.21 bits per heavy atom. The molecule has 0 nitrogen and oxygen atoms in total. The van der Waals surface area contributed by atoms with Gasteiger partial charge in [-0.25, -0.2) is 0 Å². The van der Waals surface area contributed by atoms with Crippen LogP contribution in [-0.4, -0.2) is 5.75 Å². The number of allylic oxidation sites excluding steroid dienone is 1. The monoisotopic (exact) mass is 204 g/mol. The van der Waals surface area contributed by atoms with Crippen LogP contribution in [0.3, 0.4) is 0 Å². The van der Waals surface area contributed by atoms with E-state index in [1.165, 1.54) is 16.9 Å². The van der Waals surface area contributed by atoms with E-state index in [0.717, 1.165) is 11.8 Å². The molecule has 0 radical (unpaired) electrons. The molecule has 0 saturated carbocycles. The highest BCUT2D eigenvalue weighted by atomic mass is 32.2. The first-order valence-corrected chi connectivity index (χ1v) is 6.21. The second-order valence-electron chi connectivity index (χ2n) is 4.12. The Balaban J connectivity index is 2.26. The summed E-state index contributed by atoms with van der Waals surface area (Å²) < 4.78 is 0. The van der Waals surface area contributed by atoms with E-state index in [4.69, 9.17) is 0 Å². The van der Waals surface area contributed by atoms with Crippen LogP contribution < -0.4 is 0 Å². The number of hydrogen-bond donors (Lipinski definition) is 0. The normalized spacial score (nSPS) is 21.4. The molecule has 1 atom stereocenters. The van der Waals surface area contributed by atoms with Crippen molar-refractivity contribution in [3.63, 3.8) is 0 Å². The fourth-order valence-corrected chi connectivity index (χ4v) is 3.24. The molecule has 1 aliphatic heterocycles. The summed E-state index contributed by atoms with van der Waals surface area (Å²) in [4.78, 5) is 0. The highest BCUT2D eigenvalue weighted by Crippen LogP contribution is 2.39. The highest BCUT2D eigenvalue weighted by molar-refractivity contribution is 8.02. The number of benzene rings is 1. The number of thioether (sulfide) groups is 1. The Hall–Kier alpha value is -0.690. The van der Waals surface area contributed by atoms with Gasteiger partial charge in [0, 0.05) is 5.75 Å². The Morgan fingerprint density at radius 2 is 1.93 bits per heavy atom. The van der Waals surface area contributed by atoms with Gasteiger partial charge in [-0.15, -0.1) is 11.8 Å². The van der Waals surface area contributed by atoms with Gasteiger partial charge >= 0.3 is 0 Å². The molecular weight excluding hydrogens is 188 g/mol. The first-order chi connectivity index (χ1) is 6.79. The van der Waals surface area contributed by atoms with Crippen LogP contribution in [0.1, 0.15) is 19.4 Å². The van der Waals surface area contributed by atoms with Crippen LogP contribution in [0, 0.1) is 11.8 Å². The molecule has 0 fully saturated rings. The molecule has 14 heavy (non-hydrogen) atoms. The SMILES string of the molecule is CC(C)C1CSC=C1c1ccccc1. The second-order valence-corrected chi connectivity index (χ2v) is 5.03. The van der Waals surface area contributed by atoms with E-state index in [9.17, 15) is 0 Å². The van der Waals surface area contributed by atoms with Crippen LogP contribution >= 0.6 is 11.8 Å². The lowest BCUT2D eigenvalue weighted by Gasteiger charge is -2.18. The molecule has 1 aromatic rings. The molecule has 74 valence electrons. The lowest BCUT2D eigenvalue weighted by molar-refractivity contribution is 0.529. The summed E-state index contributed by atoms with van der Waals surface area (Å²) in [6.45, 7) is 4.63. The van der Waals surface area contributed by atoms with Crippen molar-refractivity contribution >= 4 is 17.3 Å². The van der Waals surface area contributed by atoms with Crippen molar-refractivity contribution in [1.82, 2.24) is 0 Å². The Morgan fingerprint density at radius 3 is 2.57 bits per heavy atom. The molecule has 0 N–H and O–H groups in total. The molecule has 0 spiro atoms. The van der Waals surface area contributed by atoms with Crippen molar-refractivity contribution in [3.8, 4) is 0 Å². The minimum Gasteiger partial charge on any atom is -0.133 e. The molecule has 1 aliphatic rings. The van der Waals surface area contributed by atoms with Crippen molar-refractivity contribution in [2.24, 2.45) is 11.8 Å². The zero-order valence-electron chi connectivity index (χ0n) is 8.73. The van der Waals surface area contributed by atoms with Gasteiger partial charge in [0.05, 0.1) is 0 Å². The van der Waals surface area contributed by atoms with Crippen LogP contribution in [-0.2, 0) is 0 Å². The summed E-state index contributed by atoms with van der Waals surface area (Å²) in [5.41, 5.74) is 2.93. The maximum Gasteiger partial charge on any atom is 0.00460 e. The molecule has 0 aliphatic carbocycles. The Labute approximate surface area is 90.4 Å². The molecule has 0 aromatic heterocycles. The van der Waals surface area contributed by atoms with Crippen molar-refractivity contribution in [2.75, 3.05) is 5.75 Å². The lowest BCUT2D eigenvalue weighted by Crippen LogP contribution is -2.09. The molecule has 2 rings (SSSR count). The molecule has 1 unspecified atom stereocenters. The summed E-state index contributed by atoms with van der Waals surface area (Å²) in [5.74, 6) is 2.74. The molecule has 0 saturated heterocycles. The quantitative estimate of drug-likeness (QED) is 0.700. The Bertz CT molecular complexity index is 324. The first-order valence-electron chi connectivity index (χ1n) is 5.16. The van der Waals surface area contributed by atoms with Gasteiger partial charge in [0.2, 0.25) is 0 Å². The van der Waals surface area contributed by atoms with Gasteiger partial charge in [-0.3, -0.25) is 0 Å². The number of hydrogen-bond acceptors (Lipinski definition) is 1. The molecular formula is C13H16S. The first kappa shape index (κ1) is 9.85. The van der Waals surface area contributed by atoms with E-state index in [1.54, 1.807) is 0 Å². The lowest BCUT2D eigenvalue weighted by atomic mass is 9.87. The van der Waals surface area contributed by atoms with Gasteiger partial charge in [0.15, 0.2) is 0 Å². The minimum atomic E-state index is 0.738. The summed E-state index contributed by atoms with van der Waals surface area (Å²) >= 11 is 1.95. The van der Waals surface area contributed by atoms with Crippen molar-refractivity contribution in [2.45, 2.75) is 13.8 Å². The van der Waals surface area contributed by atoms with Gasteiger partial charge in [0.25, 0.3) is 0 Å². The van der Waals surface area contributed by atoms with E-state index in [1.807, 2.05) is 11.8 Å². The summed E-state index contributed by atoms with van der Waals surface area (Å²) in [7, 11) is 0. The minimum absolute atomic E-state index is 0.738. The van der Waals surface area contributed by atoms with E-state index < -0.39 is 0 Å². The maximum absolute atomic E-state index is 2.33. The largest absolute Gasteiger partial charge is 0.133 e. The van der Waals surface area contributed by atoms with Crippen molar-refractivity contribution in [1.29, 1.82) is 0 Å². The van der Waals surface area contributed by atoms with Crippen LogP contribution in [0.25, 0.3) is 5.57 Å². The average molecular weight is 204 g/mol. The summed E-state index contributed by atoms with van der Waals surface area (Å²) in [6, 6.07) is 10.8. The second kappa shape index (κ2) is 4.22. The van der Waals surface area contributed by atoms with Gasteiger partial charge in [-0.05, 0) is 28.4 Å². The van der Waals surface area contributed by atoms with Gasteiger partial charge in [-0.1, -0.05) is 44.2 Å². The third kappa shape index (κ3) is 1.88. The standard InChI is InChI=1S/C13H16S/c1-10(2)12-8-14-9-13(12)11-6-4-3-5-7-11/h3-7,9-10,12H,8H2,1-2H3. The fourth-order valence-electron chi connectivity index (χ4n) is 1.88. The molecule has 0 amide bonds. The molecule has 1 heteroatoms. The summed E-state index contributed by atoms with van der Waals surface area (Å²) in [6.07, 6.45) is 0. The van der Waals surface area contributed by atoms with E-state index in [-0.39, 0.29) is 0 Å². The van der Waals surface area contributed by atoms with Crippen LogP contribution in [0.15, 0.2) is 35.7 Å². The zero-order valence-corrected chi connectivity index (χ0v) is 9.55. The predicted molar refractivity (Wildman–Crippen MR) is 65.2 cm³/mol. The van der Waals surface area contributed by atoms with Crippen LogP contribution in [0.5, 0.6) is 0 Å². The third-order valence-electron chi connectivity index (χ3n) is 2.80. The van der Waals surface area contributed by atoms with Crippen molar-refractivity contribution < 1.29 is 0 Å². The van der Waals surface area contributed by atoms with Gasteiger partial charge in [-0.2, -0.15) is 0 Å². The zero-order chi connectivity index (χ0) is 9.97. The van der Waals surface area contributed by atoms with E-state index in [2.05, 4.69) is 49.6 Å². The van der Waals surface area contributed by atoms with E-state index >= 15 is 0 Å². The van der Waals surface area contributed by atoms with E-state index in [0.29, 0.717) is 0 Å². The number of rotatable bonds is 2. The summed E-state index contributed by atoms with van der Waals surface area (Å²) in [5, 5.41) is 2.33. The fraction of sp³-hybridized carbons (Fsp3) is 0.385. The average Bonchev–Trinajstić information content (AvgIpc) is 2.67.